The molecule has 0 bridgehead atoms. The van der Waals surface area contributed by atoms with E-state index in [0.29, 0.717) is 16.5 Å². The van der Waals surface area contributed by atoms with Crippen molar-refractivity contribution in [2.75, 3.05) is 0 Å². The number of amides is 1. The van der Waals surface area contributed by atoms with Gasteiger partial charge in [0.1, 0.15) is 0 Å². The molecule has 4 heteroatoms. The van der Waals surface area contributed by atoms with Gasteiger partial charge >= 0.3 is 0 Å². The molecule has 3 N–H and O–H groups in total. The topological polar surface area (TPSA) is 55.1 Å². The van der Waals surface area contributed by atoms with Crippen molar-refractivity contribution in [3.05, 3.63) is 0 Å². The number of nitrogens with one attached hydrogen (secondary N) is 1. The molecule has 0 aliphatic heterocycles. The van der Waals surface area contributed by atoms with Gasteiger partial charge in [-0.1, -0.05) is 13.8 Å². The molecule has 0 aromatic heterocycles. The van der Waals surface area contributed by atoms with Crippen LogP contribution in [-0.4, -0.2) is 28.0 Å². The summed E-state index contributed by atoms with van der Waals surface area (Å²) in [5.41, 5.74) is 5.19. The van der Waals surface area contributed by atoms with Crippen LogP contribution in [0.2, 0.25) is 0 Å². The molecule has 106 valence electrons. The Hall–Kier alpha value is -0.220. The van der Waals surface area contributed by atoms with Crippen LogP contribution < -0.4 is 11.1 Å². The average Bonchev–Trinajstić information content (AvgIpc) is 2.28. The maximum atomic E-state index is 11.9. The van der Waals surface area contributed by atoms with Crippen LogP contribution >= 0.6 is 11.8 Å². The van der Waals surface area contributed by atoms with Crippen LogP contribution in [0.4, 0.5) is 0 Å². The lowest BCUT2D eigenvalue weighted by atomic mass is 9.80. The molecule has 0 radical (unpaired) electrons. The molecule has 1 fully saturated rings. The normalized spacial score (nSPS) is 30.4. The van der Waals surface area contributed by atoms with E-state index in [-0.39, 0.29) is 5.91 Å². The van der Waals surface area contributed by atoms with Gasteiger partial charge in [-0.05, 0) is 46.0 Å². The lowest BCUT2D eigenvalue weighted by Crippen LogP contribution is -2.60. The Balaban J connectivity index is 2.70. The molecule has 0 spiro atoms. The number of carbonyl (C=O) groups excluding carboxylic acids is 1. The van der Waals surface area contributed by atoms with E-state index in [9.17, 15) is 4.79 Å². The average molecular weight is 272 g/mol. The number of primary amides is 1. The first-order chi connectivity index (χ1) is 8.39. The van der Waals surface area contributed by atoms with Crippen molar-refractivity contribution in [3.8, 4) is 0 Å². The van der Waals surface area contributed by atoms with Gasteiger partial charge in [0.25, 0.3) is 0 Å². The highest BCUT2D eigenvalue weighted by molar-refractivity contribution is 8.00. The van der Waals surface area contributed by atoms with Crippen molar-refractivity contribution in [1.29, 1.82) is 0 Å². The van der Waals surface area contributed by atoms with E-state index in [1.54, 1.807) is 0 Å². The van der Waals surface area contributed by atoms with Gasteiger partial charge in [0.2, 0.25) is 5.91 Å². The number of rotatable bonds is 6. The van der Waals surface area contributed by atoms with Crippen molar-refractivity contribution in [2.24, 2.45) is 5.73 Å². The van der Waals surface area contributed by atoms with Gasteiger partial charge in [-0.25, -0.2) is 0 Å². The summed E-state index contributed by atoms with van der Waals surface area (Å²) in [5.74, 6) is -0.175. The van der Waals surface area contributed by atoms with Gasteiger partial charge < -0.3 is 11.1 Å². The molecule has 3 unspecified atom stereocenters. The maximum Gasteiger partial charge on any atom is 0.237 e. The molecule has 3 atom stereocenters. The zero-order valence-corrected chi connectivity index (χ0v) is 13.0. The molecule has 0 aromatic carbocycles. The van der Waals surface area contributed by atoms with Gasteiger partial charge in [0, 0.05) is 16.5 Å². The Kier molecular flexibility index (Phi) is 5.99. The number of thioether (sulfide) groups is 1. The molecular weight excluding hydrogens is 244 g/mol. The molecule has 0 aromatic rings. The Morgan fingerprint density at radius 1 is 1.50 bits per heavy atom. The van der Waals surface area contributed by atoms with Crippen molar-refractivity contribution >= 4 is 17.7 Å². The van der Waals surface area contributed by atoms with Crippen molar-refractivity contribution in [2.45, 2.75) is 81.9 Å². The van der Waals surface area contributed by atoms with E-state index in [0.717, 1.165) is 19.3 Å². The Bertz CT molecular complexity index is 283. The standard InChI is InChI=1S/C14H28N2OS/c1-5-11(4)18-12-7-6-8-14(9-12,13(15)17)16-10(2)3/h10-12,16H,5-9H2,1-4H3,(H2,15,17). The van der Waals surface area contributed by atoms with Crippen LogP contribution in [-0.2, 0) is 4.79 Å². The fraction of sp³-hybridized carbons (Fsp3) is 0.929. The largest absolute Gasteiger partial charge is 0.368 e. The predicted molar refractivity (Wildman–Crippen MR) is 79.8 cm³/mol. The predicted octanol–water partition coefficient (Wildman–Crippen LogP) is 2.68. The highest BCUT2D eigenvalue weighted by atomic mass is 32.2. The highest BCUT2D eigenvalue weighted by Gasteiger charge is 2.41. The van der Waals surface area contributed by atoms with Crippen LogP contribution in [0, 0.1) is 0 Å². The maximum absolute atomic E-state index is 11.9. The minimum Gasteiger partial charge on any atom is -0.368 e. The Labute approximate surface area is 116 Å². The minimum absolute atomic E-state index is 0.175. The van der Waals surface area contributed by atoms with Crippen LogP contribution in [0.3, 0.4) is 0 Å². The zero-order chi connectivity index (χ0) is 13.8. The summed E-state index contributed by atoms with van der Waals surface area (Å²) in [6.07, 6.45) is 5.26. The van der Waals surface area contributed by atoms with E-state index < -0.39 is 5.54 Å². The van der Waals surface area contributed by atoms with Crippen LogP contribution in [0.5, 0.6) is 0 Å². The smallest absolute Gasteiger partial charge is 0.237 e. The number of hydrogen-bond acceptors (Lipinski definition) is 3. The third-order valence-corrected chi connectivity index (χ3v) is 5.33. The van der Waals surface area contributed by atoms with Crippen molar-refractivity contribution < 1.29 is 4.79 Å². The Morgan fingerprint density at radius 3 is 2.67 bits per heavy atom. The molecule has 1 aliphatic rings. The SMILES string of the molecule is CCC(C)SC1CCCC(NC(C)C)(C(N)=O)C1. The number of carbonyl (C=O) groups is 1. The van der Waals surface area contributed by atoms with Crippen LogP contribution in [0.25, 0.3) is 0 Å². The first kappa shape index (κ1) is 15.8. The number of nitrogens with two attached hydrogens (primary N) is 1. The summed E-state index contributed by atoms with van der Waals surface area (Å²) in [6.45, 7) is 8.64. The summed E-state index contributed by atoms with van der Waals surface area (Å²) in [7, 11) is 0. The first-order valence-corrected chi connectivity index (χ1v) is 8.07. The van der Waals surface area contributed by atoms with Crippen LogP contribution in [0.15, 0.2) is 0 Å². The minimum atomic E-state index is -0.475. The van der Waals surface area contributed by atoms with Gasteiger partial charge in [-0.2, -0.15) is 11.8 Å². The van der Waals surface area contributed by atoms with Gasteiger partial charge in [0.05, 0.1) is 5.54 Å². The molecule has 1 aliphatic carbocycles. The molecule has 1 rings (SSSR count). The second-order valence-electron chi connectivity index (χ2n) is 5.82. The summed E-state index contributed by atoms with van der Waals surface area (Å²) in [5, 5.41) is 4.66. The summed E-state index contributed by atoms with van der Waals surface area (Å²) in [4.78, 5) is 11.9. The molecule has 18 heavy (non-hydrogen) atoms. The summed E-state index contributed by atoms with van der Waals surface area (Å²) >= 11 is 2.02. The number of hydrogen-bond donors (Lipinski definition) is 2. The monoisotopic (exact) mass is 272 g/mol. The Morgan fingerprint density at radius 2 is 2.17 bits per heavy atom. The zero-order valence-electron chi connectivity index (χ0n) is 12.2. The van der Waals surface area contributed by atoms with Gasteiger partial charge in [-0.3, -0.25) is 4.79 Å². The van der Waals surface area contributed by atoms with E-state index in [2.05, 4.69) is 33.0 Å². The molecule has 3 nitrogen and oxygen atoms in total. The van der Waals surface area contributed by atoms with E-state index in [4.69, 9.17) is 5.73 Å². The quantitative estimate of drug-likeness (QED) is 0.781. The lowest BCUT2D eigenvalue weighted by Gasteiger charge is -2.41. The molecule has 1 saturated carbocycles. The van der Waals surface area contributed by atoms with Crippen LogP contribution in [0.1, 0.15) is 59.8 Å². The van der Waals surface area contributed by atoms with E-state index >= 15 is 0 Å². The highest BCUT2D eigenvalue weighted by Crippen LogP contribution is 2.37. The lowest BCUT2D eigenvalue weighted by molar-refractivity contribution is -0.126. The fourth-order valence-electron chi connectivity index (χ4n) is 2.74. The molecule has 0 heterocycles. The van der Waals surface area contributed by atoms with Gasteiger partial charge in [-0.15, -0.1) is 0 Å². The van der Waals surface area contributed by atoms with Gasteiger partial charge in [0.15, 0.2) is 0 Å². The fourth-order valence-corrected chi connectivity index (χ4v) is 4.28. The van der Waals surface area contributed by atoms with E-state index in [1.807, 2.05) is 11.8 Å². The third-order valence-electron chi connectivity index (χ3n) is 3.74. The second-order valence-corrected chi connectivity index (χ2v) is 7.56. The first-order valence-electron chi connectivity index (χ1n) is 7.12. The van der Waals surface area contributed by atoms with Crippen molar-refractivity contribution in [1.82, 2.24) is 5.32 Å². The molecular formula is C14H28N2OS. The van der Waals surface area contributed by atoms with E-state index in [1.165, 1.54) is 12.8 Å². The summed E-state index contributed by atoms with van der Waals surface area (Å²) in [6, 6.07) is 0.296. The van der Waals surface area contributed by atoms with Crippen molar-refractivity contribution in [3.63, 3.8) is 0 Å². The second kappa shape index (κ2) is 6.80. The summed E-state index contributed by atoms with van der Waals surface area (Å²) < 4.78 is 0. The molecule has 1 amide bonds. The molecule has 0 saturated heterocycles. The third kappa shape index (κ3) is 4.16.